The van der Waals surface area contributed by atoms with Crippen LogP contribution in [0.25, 0.3) is 0 Å². The molecule has 0 unspecified atom stereocenters. The van der Waals surface area contributed by atoms with Gasteiger partial charge in [0.15, 0.2) is 6.07 Å². The Morgan fingerprint density at radius 3 is 2.80 bits per heavy atom. The molecule has 0 aliphatic rings. The van der Waals surface area contributed by atoms with Gasteiger partial charge in [-0.3, -0.25) is 10.1 Å². The normalized spacial score (nSPS) is 9.40. The molecule has 15 heavy (non-hydrogen) atoms. The van der Waals surface area contributed by atoms with E-state index in [0.717, 1.165) is 6.07 Å². The minimum absolute atomic E-state index is 0.0922. The van der Waals surface area contributed by atoms with E-state index in [9.17, 15) is 10.1 Å². The molecule has 1 rings (SSSR count). The first-order chi connectivity index (χ1) is 7.10. The highest BCUT2D eigenvalue weighted by Gasteiger charge is 2.19. The third-order valence-electron chi connectivity index (χ3n) is 1.55. The number of hydrogen-bond acceptors (Lipinski definition) is 4. The van der Waals surface area contributed by atoms with Crippen LogP contribution in [0.2, 0.25) is 0 Å². The standard InChI is InChI=1S/C8H4ClIN2O3/c9-4-15-8-6(10)1-5(3-11)2-7(8)12(13)14/h1-2H,4H2. The number of hydrogen-bond donors (Lipinski definition) is 0. The van der Waals surface area contributed by atoms with E-state index >= 15 is 0 Å². The molecule has 0 radical (unpaired) electrons. The first kappa shape index (κ1) is 12.0. The molecule has 5 nitrogen and oxygen atoms in total. The lowest BCUT2D eigenvalue weighted by Crippen LogP contribution is -1.99. The predicted octanol–water partition coefficient (Wildman–Crippen LogP) is 2.65. The maximum atomic E-state index is 10.7. The molecular formula is C8H4ClIN2O3. The zero-order chi connectivity index (χ0) is 11.4. The molecule has 0 saturated heterocycles. The monoisotopic (exact) mass is 338 g/mol. The molecule has 0 atom stereocenters. The summed E-state index contributed by atoms with van der Waals surface area (Å²) in [5, 5.41) is 19.3. The smallest absolute Gasteiger partial charge is 0.313 e. The third kappa shape index (κ3) is 2.70. The van der Waals surface area contributed by atoms with Crippen LogP contribution in [0.1, 0.15) is 5.56 Å². The molecule has 1 aromatic carbocycles. The van der Waals surface area contributed by atoms with Crippen LogP contribution in [0.5, 0.6) is 5.75 Å². The fraction of sp³-hybridized carbons (Fsp3) is 0.125. The Kier molecular flexibility index (Phi) is 4.11. The van der Waals surface area contributed by atoms with Gasteiger partial charge in [-0.25, -0.2) is 0 Å². The molecule has 0 aliphatic carbocycles. The molecule has 1 aromatic rings. The molecule has 0 bridgehead atoms. The van der Waals surface area contributed by atoms with E-state index in [1.165, 1.54) is 6.07 Å². The van der Waals surface area contributed by atoms with Crippen LogP contribution in [-0.4, -0.2) is 11.0 Å². The van der Waals surface area contributed by atoms with E-state index in [4.69, 9.17) is 21.6 Å². The van der Waals surface area contributed by atoms with Crippen molar-refractivity contribution in [3.05, 3.63) is 31.4 Å². The van der Waals surface area contributed by atoms with Crippen LogP contribution in [0.15, 0.2) is 12.1 Å². The van der Waals surface area contributed by atoms with Crippen molar-refractivity contribution >= 4 is 39.9 Å². The fourth-order valence-electron chi connectivity index (χ4n) is 0.977. The van der Waals surface area contributed by atoms with Crippen molar-refractivity contribution in [1.29, 1.82) is 5.26 Å². The van der Waals surface area contributed by atoms with Crippen molar-refractivity contribution in [2.75, 3.05) is 6.07 Å². The Morgan fingerprint density at radius 1 is 1.67 bits per heavy atom. The average molecular weight is 338 g/mol. The summed E-state index contributed by atoms with van der Waals surface area (Å²) in [6.45, 7) is 0. The number of nitro groups is 1. The van der Waals surface area contributed by atoms with Gasteiger partial charge in [-0.2, -0.15) is 5.26 Å². The molecule has 0 fully saturated rings. The largest absolute Gasteiger partial charge is 0.470 e. The van der Waals surface area contributed by atoms with Crippen molar-refractivity contribution in [1.82, 2.24) is 0 Å². The molecular weight excluding hydrogens is 334 g/mol. The van der Waals surface area contributed by atoms with E-state index in [1.807, 2.05) is 28.7 Å². The summed E-state index contributed by atoms with van der Waals surface area (Å²) in [5.41, 5.74) is -0.0351. The van der Waals surface area contributed by atoms with Crippen LogP contribution in [0.4, 0.5) is 5.69 Å². The lowest BCUT2D eigenvalue weighted by Gasteiger charge is -2.05. The summed E-state index contributed by atoms with van der Waals surface area (Å²) in [6, 6.07) is 4.31. The minimum atomic E-state index is -0.606. The van der Waals surface area contributed by atoms with Gasteiger partial charge in [0.1, 0.15) is 0 Å². The minimum Gasteiger partial charge on any atom is -0.470 e. The van der Waals surface area contributed by atoms with Crippen molar-refractivity contribution in [2.24, 2.45) is 0 Å². The van der Waals surface area contributed by atoms with Crippen LogP contribution in [0, 0.1) is 25.0 Å². The van der Waals surface area contributed by atoms with Gasteiger partial charge in [0.25, 0.3) is 0 Å². The average Bonchev–Trinajstić information content (AvgIpc) is 2.20. The van der Waals surface area contributed by atoms with Gasteiger partial charge in [0.2, 0.25) is 5.75 Å². The van der Waals surface area contributed by atoms with Gasteiger partial charge < -0.3 is 4.74 Å². The molecule has 7 heteroatoms. The van der Waals surface area contributed by atoms with Crippen molar-refractivity contribution in [3.63, 3.8) is 0 Å². The van der Waals surface area contributed by atoms with Gasteiger partial charge in [-0.05, 0) is 28.7 Å². The number of alkyl halides is 1. The third-order valence-corrected chi connectivity index (χ3v) is 2.46. The Morgan fingerprint density at radius 2 is 2.33 bits per heavy atom. The topological polar surface area (TPSA) is 76.2 Å². The van der Waals surface area contributed by atoms with E-state index < -0.39 is 4.92 Å². The van der Waals surface area contributed by atoms with E-state index in [-0.39, 0.29) is 23.1 Å². The fourth-order valence-corrected chi connectivity index (χ4v) is 1.85. The number of nitro benzene ring substituents is 1. The second-order valence-corrected chi connectivity index (χ2v) is 3.81. The zero-order valence-corrected chi connectivity index (χ0v) is 10.2. The summed E-state index contributed by atoms with van der Waals surface area (Å²) in [7, 11) is 0. The van der Waals surface area contributed by atoms with Crippen LogP contribution >= 0.6 is 34.2 Å². The van der Waals surface area contributed by atoms with Gasteiger partial charge in [-0.15, -0.1) is 0 Å². The number of benzene rings is 1. The molecule has 0 saturated carbocycles. The molecule has 0 aliphatic heterocycles. The molecule has 0 heterocycles. The van der Waals surface area contributed by atoms with Crippen molar-refractivity contribution in [3.8, 4) is 11.8 Å². The lowest BCUT2D eigenvalue weighted by molar-refractivity contribution is -0.385. The second kappa shape index (κ2) is 5.14. The Labute approximate surface area is 104 Å². The molecule has 0 amide bonds. The summed E-state index contributed by atoms with van der Waals surface area (Å²) < 4.78 is 5.42. The summed E-state index contributed by atoms with van der Waals surface area (Å²) in [4.78, 5) is 10.1. The number of halogens is 2. The maximum absolute atomic E-state index is 10.7. The molecule has 0 aromatic heterocycles. The number of ether oxygens (including phenoxy) is 1. The second-order valence-electron chi connectivity index (χ2n) is 2.43. The first-order valence-corrected chi connectivity index (χ1v) is 5.28. The SMILES string of the molecule is N#Cc1cc(I)c(OCCl)c([N+](=O)[O-])c1. The Bertz CT molecular complexity index is 444. The summed E-state index contributed by atoms with van der Waals surface area (Å²) in [5.74, 6) is 0.0922. The molecule has 0 spiro atoms. The molecule has 78 valence electrons. The highest BCUT2D eigenvalue weighted by molar-refractivity contribution is 14.1. The number of rotatable bonds is 3. The maximum Gasteiger partial charge on any atom is 0.313 e. The highest BCUT2D eigenvalue weighted by atomic mass is 127. The van der Waals surface area contributed by atoms with E-state index in [2.05, 4.69) is 0 Å². The van der Waals surface area contributed by atoms with Crippen LogP contribution < -0.4 is 4.74 Å². The van der Waals surface area contributed by atoms with Gasteiger partial charge in [-0.1, -0.05) is 11.6 Å². The van der Waals surface area contributed by atoms with Crippen molar-refractivity contribution in [2.45, 2.75) is 0 Å². The van der Waals surface area contributed by atoms with E-state index in [0.29, 0.717) is 3.57 Å². The number of nitrogens with zero attached hydrogens (tertiary/aromatic N) is 2. The van der Waals surface area contributed by atoms with Crippen molar-refractivity contribution < 1.29 is 9.66 Å². The van der Waals surface area contributed by atoms with Gasteiger partial charge in [0.05, 0.1) is 20.1 Å². The molecule has 0 N–H and O–H groups in total. The quantitative estimate of drug-likeness (QED) is 0.367. The first-order valence-electron chi connectivity index (χ1n) is 3.67. The van der Waals surface area contributed by atoms with Gasteiger partial charge >= 0.3 is 5.69 Å². The number of nitriles is 1. The Hall–Kier alpha value is -1.07. The lowest BCUT2D eigenvalue weighted by atomic mass is 10.2. The van der Waals surface area contributed by atoms with Crippen LogP contribution in [0.3, 0.4) is 0 Å². The van der Waals surface area contributed by atoms with E-state index in [1.54, 1.807) is 0 Å². The van der Waals surface area contributed by atoms with Crippen LogP contribution in [-0.2, 0) is 0 Å². The summed E-state index contributed by atoms with van der Waals surface area (Å²) in [6.07, 6.45) is 0. The predicted molar refractivity (Wildman–Crippen MR) is 61.9 cm³/mol. The van der Waals surface area contributed by atoms with Gasteiger partial charge in [0, 0.05) is 6.07 Å². The Balaban J connectivity index is 3.37. The zero-order valence-electron chi connectivity index (χ0n) is 7.24. The summed E-state index contributed by atoms with van der Waals surface area (Å²) >= 11 is 7.20. The highest BCUT2D eigenvalue weighted by Crippen LogP contribution is 2.33.